The Morgan fingerprint density at radius 3 is 2.44 bits per heavy atom. The normalized spacial score (nSPS) is 14.3. The van der Waals surface area contributed by atoms with Gasteiger partial charge in [-0.15, -0.1) is 0 Å². The summed E-state index contributed by atoms with van der Waals surface area (Å²) in [5.41, 5.74) is 5.43. The largest absolute Gasteiger partial charge is 0.443 e. The SMILES string of the molecule is CC(C)[C@@H](OC(N)=O)C(O)c1ccc(Cl)cc1Cl. The van der Waals surface area contributed by atoms with Crippen molar-refractivity contribution in [2.45, 2.75) is 26.1 Å². The van der Waals surface area contributed by atoms with E-state index in [0.29, 0.717) is 15.6 Å². The van der Waals surface area contributed by atoms with Gasteiger partial charge in [-0.2, -0.15) is 0 Å². The number of nitrogens with two attached hydrogens (primary N) is 1. The summed E-state index contributed by atoms with van der Waals surface area (Å²) in [4.78, 5) is 10.8. The van der Waals surface area contributed by atoms with E-state index in [1.54, 1.807) is 26.0 Å². The van der Waals surface area contributed by atoms with E-state index in [1.807, 2.05) is 0 Å². The summed E-state index contributed by atoms with van der Waals surface area (Å²) in [6.07, 6.45) is -2.75. The molecule has 2 atom stereocenters. The molecule has 0 spiro atoms. The van der Waals surface area contributed by atoms with Gasteiger partial charge >= 0.3 is 6.09 Å². The lowest BCUT2D eigenvalue weighted by Crippen LogP contribution is -2.32. The zero-order chi connectivity index (χ0) is 13.9. The van der Waals surface area contributed by atoms with Gasteiger partial charge in [0.2, 0.25) is 0 Å². The van der Waals surface area contributed by atoms with Crippen LogP contribution in [0.25, 0.3) is 0 Å². The summed E-state index contributed by atoms with van der Waals surface area (Å²) in [6.45, 7) is 3.61. The number of carbonyl (C=O) groups is 1. The van der Waals surface area contributed by atoms with Crippen LogP contribution in [-0.4, -0.2) is 17.3 Å². The number of hydrogen-bond acceptors (Lipinski definition) is 3. The highest BCUT2D eigenvalue weighted by molar-refractivity contribution is 6.35. The van der Waals surface area contributed by atoms with Gasteiger partial charge in [0.25, 0.3) is 0 Å². The van der Waals surface area contributed by atoms with Crippen molar-refractivity contribution in [3.05, 3.63) is 33.8 Å². The molecule has 0 aliphatic rings. The highest BCUT2D eigenvalue weighted by atomic mass is 35.5. The third-order valence-electron chi connectivity index (χ3n) is 2.50. The maximum atomic E-state index is 10.8. The molecule has 0 heterocycles. The molecule has 0 aliphatic heterocycles. The van der Waals surface area contributed by atoms with Gasteiger partial charge in [-0.3, -0.25) is 0 Å². The summed E-state index contributed by atoms with van der Waals surface area (Å²) < 4.78 is 4.91. The molecule has 6 heteroatoms. The van der Waals surface area contributed by atoms with E-state index in [9.17, 15) is 9.90 Å². The van der Waals surface area contributed by atoms with Crippen molar-refractivity contribution in [1.29, 1.82) is 0 Å². The molecular weight excluding hydrogens is 277 g/mol. The predicted octanol–water partition coefficient (Wildman–Crippen LogP) is 3.15. The van der Waals surface area contributed by atoms with Gasteiger partial charge in [-0.05, 0) is 18.1 Å². The fourth-order valence-corrected chi connectivity index (χ4v) is 2.14. The van der Waals surface area contributed by atoms with Crippen LogP contribution in [0, 0.1) is 5.92 Å². The minimum Gasteiger partial charge on any atom is -0.443 e. The van der Waals surface area contributed by atoms with Gasteiger partial charge in [0.05, 0.1) is 0 Å². The van der Waals surface area contributed by atoms with E-state index in [0.717, 1.165) is 0 Å². The Labute approximate surface area is 116 Å². The predicted molar refractivity (Wildman–Crippen MR) is 70.7 cm³/mol. The molecule has 0 bridgehead atoms. The van der Waals surface area contributed by atoms with Gasteiger partial charge in [0.15, 0.2) is 0 Å². The van der Waals surface area contributed by atoms with Crippen LogP contribution in [0.2, 0.25) is 10.0 Å². The quantitative estimate of drug-likeness (QED) is 0.895. The van der Waals surface area contributed by atoms with Crippen LogP contribution in [-0.2, 0) is 4.74 Å². The number of ether oxygens (including phenoxy) is 1. The maximum absolute atomic E-state index is 10.8. The average Bonchev–Trinajstić information content (AvgIpc) is 2.24. The van der Waals surface area contributed by atoms with E-state index in [-0.39, 0.29) is 5.92 Å². The smallest absolute Gasteiger partial charge is 0.404 e. The Hall–Kier alpha value is -0.970. The molecule has 1 rings (SSSR count). The van der Waals surface area contributed by atoms with E-state index >= 15 is 0 Å². The zero-order valence-electron chi connectivity index (χ0n) is 10.1. The number of aliphatic hydroxyl groups excluding tert-OH is 1. The van der Waals surface area contributed by atoms with Crippen LogP contribution in [0.3, 0.4) is 0 Å². The molecule has 0 fully saturated rings. The molecule has 4 nitrogen and oxygen atoms in total. The number of benzene rings is 1. The second-order valence-electron chi connectivity index (χ2n) is 4.26. The van der Waals surface area contributed by atoms with E-state index in [1.165, 1.54) is 6.07 Å². The first-order valence-corrected chi connectivity index (χ1v) is 6.17. The standard InChI is InChI=1S/C12H15Cl2NO3/c1-6(2)11(18-12(15)17)10(16)8-4-3-7(13)5-9(8)14/h3-6,10-11,16H,1-2H3,(H2,15,17)/t10?,11-/m1/s1. The van der Waals surface area contributed by atoms with Gasteiger partial charge < -0.3 is 15.6 Å². The van der Waals surface area contributed by atoms with E-state index in [4.69, 9.17) is 33.7 Å². The molecular formula is C12H15Cl2NO3. The summed E-state index contributed by atoms with van der Waals surface area (Å²) in [5, 5.41) is 11.0. The van der Waals surface area contributed by atoms with Crippen LogP contribution in [0.1, 0.15) is 25.5 Å². The van der Waals surface area contributed by atoms with Gasteiger partial charge in [0, 0.05) is 15.6 Å². The third kappa shape index (κ3) is 3.77. The molecule has 1 amide bonds. The molecule has 0 radical (unpaired) electrons. The molecule has 0 aliphatic carbocycles. The first-order chi connectivity index (χ1) is 8.32. The van der Waals surface area contributed by atoms with Crippen molar-refractivity contribution in [3.8, 4) is 0 Å². The molecule has 1 aromatic rings. The topological polar surface area (TPSA) is 72.5 Å². The molecule has 0 saturated carbocycles. The van der Waals surface area contributed by atoms with Crippen LogP contribution < -0.4 is 5.73 Å². The molecule has 18 heavy (non-hydrogen) atoms. The first-order valence-electron chi connectivity index (χ1n) is 5.42. The van der Waals surface area contributed by atoms with Gasteiger partial charge in [-0.25, -0.2) is 4.79 Å². The highest BCUT2D eigenvalue weighted by Crippen LogP contribution is 2.31. The minimum atomic E-state index is -1.05. The van der Waals surface area contributed by atoms with Gasteiger partial charge in [0.1, 0.15) is 12.2 Å². The van der Waals surface area contributed by atoms with Crippen LogP contribution in [0.5, 0.6) is 0 Å². The lowest BCUT2D eigenvalue weighted by Gasteiger charge is -2.26. The van der Waals surface area contributed by atoms with Crippen molar-refractivity contribution in [2.75, 3.05) is 0 Å². The second kappa shape index (κ2) is 6.27. The van der Waals surface area contributed by atoms with Crippen molar-refractivity contribution in [3.63, 3.8) is 0 Å². The molecule has 3 N–H and O–H groups in total. The van der Waals surface area contributed by atoms with Crippen molar-refractivity contribution in [2.24, 2.45) is 11.7 Å². The van der Waals surface area contributed by atoms with Crippen molar-refractivity contribution >= 4 is 29.3 Å². The lowest BCUT2D eigenvalue weighted by atomic mass is 9.96. The lowest BCUT2D eigenvalue weighted by molar-refractivity contribution is -0.0196. The Balaban J connectivity index is 3.01. The third-order valence-corrected chi connectivity index (χ3v) is 3.06. The zero-order valence-corrected chi connectivity index (χ0v) is 11.6. The molecule has 1 unspecified atom stereocenters. The fourth-order valence-electron chi connectivity index (χ4n) is 1.62. The minimum absolute atomic E-state index is 0.112. The highest BCUT2D eigenvalue weighted by Gasteiger charge is 2.28. The Morgan fingerprint density at radius 1 is 1.39 bits per heavy atom. The Bertz CT molecular complexity index is 437. The molecule has 0 saturated heterocycles. The van der Waals surface area contributed by atoms with Gasteiger partial charge in [-0.1, -0.05) is 43.1 Å². The fraction of sp³-hybridized carbons (Fsp3) is 0.417. The van der Waals surface area contributed by atoms with Crippen LogP contribution in [0.15, 0.2) is 18.2 Å². The number of hydrogen-bond donors (Lipinski definition) is 2. The maximum Gasteiger partial charge on any atom is 0.404 e. The summed E-state index contributed by atoms with van der Waals surface area (Å²) in [6, 6.07) is 4.71. The summed E-state index contributed by atoms with van der Waals surface area (Å²) in [5.74, 6) is -0.112. The molecule has 0 aromatic heterocycles. The van der Waals surface area contributed by atoms with E-state index < -0.39 is 18.3 Å². The molecule has 100 valence electrons. The second-order valence-corrected chi connectivity index (χ2v) is 5.10. The Kier molecular flexibility index (Phi) is 5.26. The summed E-state index contributed by atoms with van der Waals surface area (Å²) in [7, 11) is 0. The number of primary amides is 1. The molecule has 1 aromatic carbocycles. The average molecular weight is 292 g/mol. The number of carbonyl (C=O) groups excluding carboxylic acids is 1. The monoisotopic (exact) mass is 291 g/mol. The number of rotatable bonds is 4. The first kappa shape index (κ1) is 15.1. The van der Waals surface area contributed by atoms with Crippen molar-refractivity contribution < 1.29 is 14.6 Å². The number of amides is 1. The van der Waals surface area contributed by atoms with Crippen LogP contribution in [0.4, 0.5) is 4.79 Å². The van der Waals surface area contributed by atoms with Crippen LogP contribution >= 0.6 is 23.2 Å². The van der Waals surface area contributed by atoms with E-state index in [2.05, 4.69) is 0 Å². The summed E-state index contributed by atoms with van der Waals surface area (Å²) >= 11 is 11.8. The number of halogens is 2. The number of aliphatic hydroxyl groups is 1. The Morgan fingerprint density at radius 2 is 2.00 bits per heavy atom. The van der Waals surface area contributed by atoms with Crippen molar-refractivity contribution in [1.82, 2.24) is 0 Å².